The highest BCUT2D eigenvalue weighted by atomic mass is 32.1. The summed E-state index contributed by atoms with van der Waals surface area (Å²) in [6.45, 7) is 6.78. The van der Waals surface area contributed by atoms with Crippen molar-refractivity contribution in [2.24, 2.45) is 5.92 Å². The van der Waals surface area contributed by atoms with Gasteiger partial charge in [0.2, 0.25) is 5.91 Å². The molecule has 4 heterocycles. The predicted octanol–water partition coefficient (Wildman–Crippen LogP) is 2.66. The maximum atomic E-state index is 12.8. The van der Waals surface area contributed by atoms with Crippen molar-refractivity contribution in [3.63, 3.8) is 0 Å². The van der Waals surface area contributed by atoms with Gasteiger partial charge in [0.05, 0.1) is 12.0 Å². The van der Waals surface area contributed by atoms with Crippen LogP contribution in [0, 0.1) is 12.8 Å². The van der Waals surface area contributed by atoms with E-state index in [-0.39, 0.29) is 12.0 Å². The number of carbonyl (C=O) groups excluding carboxylic acids is 1. The third kappa shape index (κ3) is 3.19. The van der Waals surface area contributed by atoms with Crippen molar-refractivity contribution in [2.45, 2.75) is 51.3 Å². The molecule has 0 unspecified atom stereocenters. The molecule has 0 saturated carbocycles. The lowest BCUT2D eigenvalue weighted by atomic mass is 9.89. The molecule has 0 bridgehead atoms. The second-order valence-electron chi connectivity index (χ2n) is 7.17. The van der Waals surface area contributed by atoms with Crippen LogP contribution in [0.15, 0.2) is 12.1 Å². The van der Waals surface area contributed by atoms with Crippen LogP contribution >= 0.6 is 11.3 Å². The SMILES string of the molecule is Cc1ccc(CN2C[C@H](C(=O)N3CCCC3)C[C@@H]3OCC[C@@H]32)s1. The fourth-order valence-corrected chi connectivity index (χ4v) is 5.30. The minimum absolute atomic E-state index is 0.119. The standard InChI is InChI=1S/C18H26N2O2S/c1-13-4-5-15(23-13)12-20-11-14(10-17-16(20)6-9-22-17)18(21)19-7-2-3-8-19/h4-5,14,16-17H,2-3,6-12H2,1H3/t14-,16+,17+/m1/s1. The molecule has 3 aliphatic rings. The maximum Gasteiger partial charge on any atom is 0.227 e. The van der Waals surface area contributed by atoms with E-state index in [0.717, 1.165) is 45.6 Å². The molecule has 23 heavy (non-hydrogen) atoms. The van der Waals surface area contributed by atoms with Crippen LogP contribution in [0.2, 0.25) is 0 Å². The number of nitrogens with zero attached hydrogens (tertiary/aromatic N) is 2. The van der Waals surface area contributed by atoms with Crippen molar-refractivity contribution in [1.82, 2.24) is 9.80 Å². The second kappa shape index (κ2) is 6.54. The van der Waals surface area contributed by atoms with Crippen LogP contribution in [0.3, 0.4) is 0 Å². The molecule has 4 nitrogen and oxygen atoms in total. The lowest BCUT2D eigenvalue weighted by Crippen LogP contribution is -2.52. The molecule has 3 atom stereocenters. The van der Waals surface area contributed by atoms with Gasteiger partial charge in [0.1, 0.15) is 0 Å². The minimum atomic E-state index is 0.119. The van der Waals surface area contributed by atoms with Crippen LogP contribution in [0.4, 0.5) is 0 Å². The van der Waals surface area contributed by atoms with E-state index in [1.165, 1.54) is 22.6 Å². The summed E-state index contributed by atoms with van der Waals surface area (Å²) in [5.41, 5.74) is 0. The zero-order valence-corrected chi connectivity index (χ0v) is 14.7. The molecule has 3 fully saturated rings. The number of piperidine rings is 1. The lowest BCUT2D eigenvalue weighted by molar-refractivity contribution is -0.139. The average Bonchev–Trinajstić information content (AvgIpc) is 3.27. The zero-order valence-electron chi connectivity index (χ0n) is 13.9. The first kappa shape index (κ1) is 15.6. The number of thiophene rings is 1. The summed E-state index contributed by atoms with van der Waals surface area (Å²) in [7, 11) is 0. The molecule has 1 aromatic rings. The Kier molecular flexibility index (Phi) is 4.43. The highest BCUT2D eigenvalue weighted by Gasteiger charge is 2.43. The lowest BCUT2D eigenvalue weighted by Gasteiger charge is -2.41. The first-order chi connectivity index (χ1) is 11.2. The molecule has 0 spiro atoms. The fourth-order valence-electron chi connectivity index (χ4n) is 4.38. The van der Waals surface area contributed by atoms with E-state index >= 15 is 0 Å². The average molecular weight is 334 g/mol. The number of likely N-dealkylation sites (tertiary alicyclic amines) is 2. The Bertz CT molecular complexity index is 567. The predicted molar refractivity (Wildman–Crippen MR) is 91.5 cm³/mol. The molecule has 3 aliphatic heterocycles. The monoisotopic (exact) mass is 334 g/mol. The normalized spacial score (nSPS) is 31.5. The molecule has 5 heteroatoms. The Labute approximate surface area is 142 Å². The molecule has 0 N–H and O–H groups in total. The van der Waals surface area contributed by atoms with Crippen LogP contribution in [0.5, 0.6) is 0 Å². The molecular formula is C18H26N2O2S. The minimum Gasteiger partial charge on any atom is -0.377 e. The van der Waals surface area contributed by atoms with Crippen molar-refractivity contribution >= 4 is 17.2 Å². The van der Waals surface area contributed by atoms with Gasteiger partial charge in [0.25, 0.3) is 0 Å². The smallest absolute Gasteiger partial charge is 0.227 e. The van der Waals surface area contributed by atoms with Crippen LogP contribution < -0.4 is 0 Å². The van der Waals surface area contributed by atoms with Crippen molar-refractivity contribution in [2.75, 3.05) is 26.2 Å². The summed E-state index contributed by atoms with van der Waals surface area (Å²) in [5.74, 6) is 0.484. The van der Waals surface area contributed by atoms with Gasteiger partial charge in [-0.3, -0.25) is 9.69 Å². The Morgan fingerprint density at radius 1 is 1.35 bits per heavy atom. The Morgan fingerprint density at radius 2 is 2.17 bits per heavy atom. The van der Waals surface area contributed by atoms with Crippen LogP contribution in [-0.2, 0) is 16.1 Å². The largest absolute Gasteiger partial charge is 0.377 e. The van der Waals surface area contributed by atoms with Crippen molar-refractivity contribution in [3.8, 4) is 0 Å². The number of hydrogen-bond acceptors (Lipinski definition) is 4. The van der Waals surface area contributed by atoms with Gasteiger partial charge in [0.15, 0.2) is 0 Å². The van der Waals surface area contributed by atoms with Crippen LogP contribution in [0.25, 0.3) is 0 Å². The van der Waals surface area contributed by atoms with E-state index in [4.69, 9.17) is 4.74 Å². The molecule has 1 aromatic heterocycles. The highest BCUT2D eigenvalue weighted by Crippen LogP contribution is 2.34. The Hall–Kier alpha value is -0.910. The number of aryl methyl sites for hydroxylation is 1. The fraction of sp³-hybridized carbons (Fsp3) is 0.722. The van der Waals surface area contributed by atoms with Gasteiger partial charge in [-0.05, 0) is 44.7 Å². The summed E-state index contributed by atoms with van der Waals surface area (Å²) in [4.78, 5) is 20.2. The molecular weight excluding hydrogens is 308 g/mol. The number of rotatable bonds is 3. The first-order valence-corrected chi connectivity index (χ1v) is 9.72. The van der Waals surface area contributed by atoms with E-state index in [1.807, 2.05) is 11.3 Å². The van der Waals surface area contributed by atoms with E-state index < -0.39 is 0 Å². The van der Waals surface area contributed by atoms with Gasteiger partial charge >= 0.3 is 0 Å². The van der Waals surface area contributed by atoms with Gasteiger partial charge in [-0.15, -0.1) is 11.3 Å². The molecule has 0 radical (unpaired) electrons. The summed E-state index contributed by atoms with van der Waals surface area (Å²) >= 11 is 1.87. The Morgan fingerprint density at radius 3 is 2.91 bits per heavy atom. The number of hydrogen-bond donors (Lipinski definition) is 0. The van der Waals surface area contributed by atoms with Crippen molar-refractivity contribution < 1.29 is 9.53 Å². The first-order valence-electron chi connectivity index (χ1n) is 8.90. The summed E-state index contributed by atoms with van der Waals surface area (Å²) in [5, 5.41) is 0. The van der Waals surface area contributed by atoms with Crippen LogP contribution in [0.1, 0.15) is 35.4 Å². The Balaban J connectivity index is 1.48. The second-order valence-corrected chi connectivity index (χ2v) is 8.54. The molecule has 126 valence electrons. The van der Waals surface area contributed by atoms with Gasteiger partial charge in [-0.1, -0.05) is 0 Å². The number of amides is 1. The zero-order chi connectivity index (χ0) is 15.8. The van der Waals surface area contributed by atoms with Crippen LogP contribution in [-0.4, -0.2) is 54.1 Å². The number of ether oxygens (including phenoxy) is 1. The van der Waals surface area contributed by atoms with Gasteiger partial charge in [-0.25, -0.2) is 0 Å². The number of carbonyl (C=O) groups is 1. The summed E-state index contributed by atoms with van der Waals surface area (Å²) in [6, 6.07) is 4.93. The summed E-state index contributed by atoms with van der Waals surface area (Å²) < 4.78 is 5.96. The van der Waals surface area contributed by atoms with Crippen molar-refractivity contribution in [1.29, 1.82) is 0 Å². The van der Waals surface area contributed by atoms with Gasteiger partial charge < -0.3 is 9.64 Å². The van der Waals surface area contributed by atoms with E-state index in [2.05, 4.69) is 28.9 Å². The molecule has 0 aliphatic carbocycles. The third-order valence-electron chi connectivity index (χ3n) is 5.54. The molecule has 1 amide bonds. The van der Waals surface area contributed by atoms with E-state index in [9.17, 15) is 4.79 Å². The molecule has 0 aromatic carbocycles. The molecule has 4 rings (SSSR count). The topological polar surface area (TPSA) is 32.8 Å². The quantitative estimate of drug-likeness (QED) is 0.852. The summed E-state index contributed by atoms with van der Waals surface area (Å²) in [6.07, 6.45) is 4.61. The third-order valence-corrected chi connectivity index (χ3v) is 6.52. The highest BCUT2D eigenvalue weighted by molar-refractivity contribution is 7.11. The van der Waals surface area contributed by atoms with E-state index in [1.54, 1.807) is 0 Å². The number of fused-ring (bicyclic) bond motifs is 1. The van der Waals surface area contributed by atoms with Gasteiger partial charge in [-0.2, -0.15) is 0 Å². The molecule has 3 saturated heterocycles. The van der Waals surface area contributed by atoms with E-state index in [0.29, 0.717) is 11.9 Å². The maximum absolute atomic E-state index is 12.8. The van der Waals surface area contributed by atoms with Crippen molar-refractivity contribution in [3.05, 3.63) is 21.9 Å². The van der Waals surface area contributed by atoms with Gasteiger partial charge in [0, 0.05) is 48.6 Å².